The van der Waals surface area contributed by atoms with Crippen LogP contribution < -0.4 is 10.2 Å². The summed E-state index contributed by atoms with van der Waals surface area (Å²) in [7, 11) is 0. The number of nitrogens with one attached hydrogen (secondary N) is 1. The monoisotopic (exact) mass is 581 g/mol. The van der Waals surface area contributed by atoms with E-state index in [-0.39, 0.29) is 29.2 Å². The third-order valence-electron chi connectivity index (χ3n) is 10.5. The highest BCUT2D eigenvalue weighted by atomic mass is 16.2. The molecule has 0 radical (unpaired) electrons. The predicted molar refractivity (Wildman–Crippen MR) is 163 cm³/mol. The fraction of sp³-hybridized carbons (Fsp3) is 0.500. The molecule has 1 saturated carbocycles. The zero-order valence-corrected chi connectivity index (χ0v) is 25.0. The molecule has 7 rings (SSSR count). The van der Waals surface area contributed by atoms with Crippen LogP contribution >= 0.6 is 0 Å². The minimum Gasteiger partial charge on any atom is -0.342 e. The van der Waals surface area contributed by atoms with Crippen molar-refractivity contribution in [1.29, 1.82) is 0 Å². The fourth-order valence-electron chi connectivity index (χ4n) is 7.77. The Morgan fingerprint density at radius 1 is 1.00 bits per heavy atom. The molecule has 224 valence electrons. The van der Waals surface area contributed by atoms with Crippen molar-refractivity contribution in [3.05, 3.63) is 59.4 Å². The van der Waals surface area contributed by atoms with Gasteiger partial charge >= 0.3 is 0 Å². The molecule has 2 saturated heterocycles. The Hall–Kier alpha value is -4.01. The number of carbonyl (C=O) groups is 4. The number of hydrogen-bond donors (Lipinski definition) is 1. The molecule has 2 aromatic carbocycles. The number of carbonyl (C=O) groups excluding carboxylic acids is 4. The van der Waals surface area contributed by atoms with Crippen LogP contribution in [0.25, 0.3) is 10.8 Å². The number of rotatable bonds is 5. The Balaban J connectivity index is 1.09. The molecule has 9 heteroatoms. The fourth-order valence-corrected chi connectivity index (χ4v) is 7.77. The Morgan fingerprint density at radius 3 is 2.51 bits per heavy atom. The highest BCUT2D eigenvalue weighted by Crippen LogP contribution is 2.42. The van der Waals surface area contributed by atoms with E-state index in [1.165, 1.54) is 6.42 Å². The van der Waals surface area contributed by atoms with Gasteiger partial charge in [-0.25, -0.2) is 0 Å². The van der Waals surface area contributed by atoms with E-state index >= 15 is 0 Å². The normalized spacial score (nSPS) is 23.1. The minimum absolute atomic E-state index is 0.153. The van der Waals surface area contributed by atoms with Gasteiger partial charge in [-0.15, -0.1) is 0 Å². The molecule has 0 bridgehead atoms. The summed E-state index contributed by atoms with van der Waals surface area (Å²) < 4.78 is 2.08. The van der Waals surface area contributed by atoms with Gasteiger partial charge in [0.25, 0.3) is 5.91 Å². The van der Waals surface area contributed by atoms with Crippen molar-refractivity contribution >= 4 is 40.1 Å². The maximum absolute atomic E-state index is 13.5. The first-order valence-electron chi connectivity index (χ1n) is 15.7. The Bertz CT molecular complexity index is 1640. The molecule has 4 aliphatic rings. The summed E-state index contributed by atoms with van der Waals surface area (Å²) in [4.78, 5) is 54.9. The SMILES string of the molecule is CC1(C(=O)N2CCC(C)(n3cc(Cc4ccc5c6c(cccc46)C(=O)N5C4CCC(=O)NC4=O)cn3)CC2)CCCCC1. The van der Waals surface area contributed by atoms with Gasteiger partial charge < -0.3 is 4.90 Å². The van der Waals surface area contributed by atoms with Gasteiger partial charge in [-0.1, -0.05) is 44.4 Å². The van der Waals surface area contributed by atoms with E-state index in [9.17, 15) is 19.2 Å². The van der Waals surface area contributed by atoms with E-state index in [4.69, 9.17) is 5.10 Å². The van der Waals surface area contributed by atoms with Crippen LogP contribution in [0.3, 0.4) is 0 Å². The molecule has 43 heavy (non-hydrogen) atoms. The summed E-state index contributed by atoms with van der Waals surface area (Å²) in [6, 6.07) is 9.01. The van der Waals surface area contributed by atoms with Crippen molar-refractivity contribution in [1.82, 2.24) is 20.0 Å². The molecular formula is C34H39N5O4. The van der Waals surface area contributed by atoms with Crippen LogP contribution in [-0.4, -0.2) is 57.4 Å². The van der Waals surface area contributed by atoms with Crippen LogP contribution in [0.1, 0.15) is 93.1 Å². The second kappa shape index (κ2) is 10.3. The van der Waals surface area contributed by atoms with Gasteiger partial charge in [0.05, 0.1) is 17.4 Å². The third kappa shape index (κ3) is 4.64. The van der Waals surface area contributed by atoms with Gasteiger partial charge in [0.1, 0.15) is 6.04 Å². The summed E-state index contributed by atoms with van der Waals surface area (Å²) in [6.45, 7) is 5.91. The smallest absolute Gasteiger partial charge is 0.259 e. The first-order chi connectivity index (χ1) is 20.7. The number of anilines is 1. The molecular weight excluding hydrogens is 542 g/mol. The lowest BCUT2D eigenvalue weighted by Gasteiger charge is -2.43. The molecule has 3 aliphatic heterocycles. The van der Waals surface area contributed by atoms with Crippen molar-refractivity contribution in [2.45, 2.75) is 89.6 Å². The van der Waals surface area contributed by atoms with Gasteiger partial charge in [0, 0.05) is 48.5 Å². The number of amides is 4. The second-order valence-corrected chi connectivity index (χ2v) is 13.5. The van der Waals surface area contributed by atoms with Crippen molar-refractivity contribution in [3.63, 3.8) is 0 Å². The quantitative estimate of drug-likeness (QED) is 0.440. The van der Waals surface area contributed by atoms with E-state index in [1.54, 1.807) is 4.90 Å². The van der Waals surface area contributed by atoms with Gasteiger partial charge in [-0.2, -0.15) is 5.10 Å². The lowest BCUT2D eigenvalue weighted by Crippen LogP contribution is -2.53. The zero-order valence-electron chi connectivity index (χ0n) is 25.0. The van der Waals surface area contributed by atoms with Gasteiger partial charge in [0.2, 0.25) is 17.7 Å². The van der Waals surface area contributed by atoms with E-state index in [0.717, 1.165) is 79.2 Å². The topological polar surface area (TPSA) is 105 Å². The third-order valence-corrected chi connectivity index (χ3v) is 10.5. The van der Waals surface area contributed by atoms with E-state index < -0.39 is 11.9 Å². The van der Waals surface area contributed by atoms with E-state index in [2.05, 4.69) is 34.9 Å². The lowest BCUT2D eigenvalue weighted by atomic mass is 9.74. The predicted octanol–water partition coefficient (Wildman–Crippen LogP) is 4.70. The zero-order chi connectivity index (χ0) is 29.9. The first-order valence-corrected chi connectivity index (χ1v) is 15.7. The Labute approximate surface area is 251 Å². The number of benzene rings is 2. The second-order valence-electron chi connectivity index (χ2n) is 13.5. The average molecular weight is 582 g/mol. The molecule has 4 amide bonds. The first kappa shape index (κ1) is 27.8. The summed E-state index contributed by atoms with van der Waals surface area (Å²) >= 11 is 0. The number of likely N-dealkylation sites (tertiary alicyclic amines) is 1. The van der Waals surface area contributed by atoms with Crippen molar-refractivity contribution in [3.8, 4) is 0 Å². The summed E-state index contributed by atoms with van der Waals surface area (Å²) in [6.07, 6.45) is 12.5. The highest BCUT2D eigenvalue weighted by Gasteiger charge is 2.42. The Morgan fingerprint density at radius 2 is 1.77 bits per heavy atom. The molecule has 3 fully saturated rings. The van der Waals surface area contributed by atoms with Crippen molar-refractivity contribution in [2.75, 3.05) is 18.0 Å². The van der Waals surface area contributed by atoms with Crippen LogP contribution in [0.2, 0.25) is 0 Å². The summed E-state index contributed by atoms with van der Waals surface area (Å²) in [5.41, 5.74) is 3.13. The van der Waals surface area contributed by atoms with Crippen LogP contribution in [-0.2, 0) is 26.3 Å². The maximum Gasteiger partial charge on any atom is 0.259 e. The standard InChI is InChI=1S/C34H39N5O4/c1-33(13-4-3-5-14-33)32(43)37-17-15-34(2,16-18-37)38-21-22(20-35-38)19-23-9-10-26-29-24(23)7-6-8-25(29)31(42)39(26)27-11-12-28(40)36-30(27)41/h6-10,20-21,27H,3-5,11-19H2,1-2H3,(H,36,40,41). The average Bonchev–Trinajstić information content (AvgIpc) is 3.59. The molecule has 4 heterocycles. The molecule has 1 unspecified atom stereocenters. The number of imide groups is 1. The van der Waals surface area contributed by atoms with E-state index in [1.807, 2.05) is 36.5 Å². The van der Waals surface area contributed by atoms with Crippen molar-refractivity contribution in [2.24, 2.45) is 5.41 Å². The number of piperidine rings is 2. The molecule has 9 nitrogen and oxygen atoms in total. The molecule has 3 aromatic rings. The summed E-state index contributed by atoms with van der Waals surface area (Å²) in [5.74, 6) is -0.588. The minimum atomic E-state index is -0.696. The number of hydrogen-bond acceptors (Lipinski definition) is 5. The molecule has 1 aromatic heterocycles. The molecule has 1 atom stereocenters. The van der Waals surface area contributed by atoms with E-state index in [0.29, 0.717) is 24.3 Å². The van der Waals surface area contributed by atoms with Crippen molar-refractivity contribution < 1.29 is 19.2 Å². The lowest BCUT2D eigenvalue weighted by molar-refractivity contribution is -0.145. The molecule has 1 aliphatic carbocycles. The van der Waals surface area contributed by atoms with Crippen LogP contribution in [0.15, 0.2) is 42.7 Å². The highest BCUT2D eigenvalue weighted by molar-refractivity contribution is 6.27. The molecule has 0 spiro atoms. The molecule has 1 N–H and O–H groups in total. The number of aromatic nitrogens is 2. The van der Waals surface area contributed by atoms with Gasteiger partial charge in [-0.05, 0) is 67.7 Å². The van der Waals surface area contributed by atoms with Crippen LogP contribution in [0, 0.1) is 5.41 Å². The summed E-state index contributed by atoms with van der Waals surface area (Å²) in [5, 5.41) is 9.02. The van der Waals surface area contributed by atoms with Crippen LogP contribution in [0.4, 0.5) is 5.69 Å². The maximum atomic E-state index is 13.5. The Kier molecular flexibility index (Phi) is 6.67. The van der Waals surface area contributed by atoms with Gasteiger partial charge in [0.15, 0.2) is 0 Å². The van der Waals surface area contributed by atoms with Gasteiger partial charge in [-0.3, -0.25) is 34.1 Å². The largest absolute Gasteiger partial charge is 0.342 e. The van der Waals surface area contributed by atoms with Crippen LogP contribution in [0.5, 0.6) is 0 Å². The number of nitrogens with zero attached hydrogens (tertiary/aromatic N) is 4.